The molecule has 0 spiro atoms. The number of hydrogen-bond acceptors (Lipinski definition) is 2. The molecule has 0 radical (unpaired) electrons. The fraction of sp³-hybridized carbons (Fsp3) is 0.222. The molecular formula is C18H19N3O2. The molecule has 23 heavy (non-hydrogen) atoms. The standard InChI is InChI=1S/C18H19N3O2/c1-19(18(23)15-7-8-17(22)20(2)13-15)11-12-21-10-9-14-5-3-4-6-16(14)21/h3-10,13H,11-12H2,1-2H3. The molecule has 5 heteroatoms. The quantitative estimate of drug-likeness (QED) is 0.741. The molecule has 2 heterocycles. The third kappa shape index (κ3) is 3.04. The summed E-state index contributed by atoms with van der Waals surface area (Å²) in [5.41, 5.74) is 1.56. The van der Waals surface area contributed by atoms with Gasteiger partial charge in [-0.15, -0.1) is 0 Å². The van der Waals surface area contributed by atoms with Crippen molar-refractivity contribution in [1.82, 2.24) is 14.0 Å². The molecule has 0 aliphatic carbocycles. The van der Waals surface area contributed by atoms with Crippen molar-refractivity contribution in [3.05, 3.63) is 70.8 Å². The molecule has 0 bridgehead atoms. The zero-order valence-electron chi connectivity index (χ0n) is 13.3. The largest absolute Gasteiger partial charge is 0.346 e. The second-order valence-electron chi connectivity index (χ2n) is 5.66. The van der Waals surface area contributed by atoms with E-state index in [1.165, 1.54) is 16.0 Å². The molecule has 0 unspecified atom stereocenters. The fourth-order valence-corrected chi connectivity index (χ4v) is 2.64. The summed E-state index contributed by atoms with van der Waals surface area (Å²) in [6, 6.07) is 13.2. The van der Waals surface area contributed by atoms with Gasteiger partial charge in [0, 0.05) is 51.2 Å². The number of nitrogens with zero attached hydrogens (tertiary/aromatic N) is 3. The SMILES string of the molecule is CN(CCn1ccc2ccccc21)C(=O)c1ccc(=O)n(C)c1. The first-order chi connectivity index (χ1) is 11.1. The van der Waals surface area contributed by atoms with E-state index in [2.05, 4.69) is 22.8 Å². The van der Waals surface area contributed by atoms with E-state index < -0.39 is 0 Å². The maximum Gasteiger partial charge on any atom is 0.255 e. The van der Waals surface area contributed by atoms with Crippen molar-refractivity contribution in [1.29, 1.82) is 0 Å². The highest BCUT2D eigenvalue weighted by molar-refractivity contribution is 5.93. The van der Waals surface area contributed by atoms with Gasteiger partial charge < -0.3 is 14.0 Å². The zero-order chi connectivity index (χ0) is 16.4. The lowest BCUT2D eigenvalue weighted by Crippen LogP contribution is -2.31. The van der Waals surface area contributed by atoms with Gasteiger partial charge in [0.25, 0.3) is 5.91 Å². The Bertz CT molecular complexity index is 908. The molecule has 5 nitrogen and oxygen atoms in total. The lowest BCUT2D eigenvalue weighted by atomic mass is 10.2. The van der Waals surface area contributed by atoms with Gasteiger partial charge in [0.05, 0.1) is 5.56 Å². The summed E-state index contributed by atoms with van der Waals surface area (Å²) in [6.07, 6.45) is 3.61. The maximum absolute atomic E-state index is 12.4. The van der Waals surface area contributed by atoms with Crippen LogP contribution < -0.4 is 5.56 Å². The molecule has 0 aliphatic rings. The molecule has 118 valence electrons. The van der Waals surface area contributed by atoms with E-state index in [4.69, 9.17) is 0 Å². The van der Waals surface area contributed by atoms with Crippen LogP contribution in [-0.4, -0.2) is 33.5 Å². The summed E-state index contributed by atoms with van der Waals surface area (Å²) >= 11 is 0. The van der Waals surface area contributed by atoms with E-state index in [0.29, 0.717) is 12.1 Å². The molecular weight excluding hydrogens is 290 g/mol. The lowest BCUT2D eigenvalue weighted by Gasteiger charge is -2.18. The van der Waals surface area contributed by atoms with Crippen molar-refractivity contribution in [3.8, 4) is 0 Å². The van der Waals surface area contributed by atoms with Crippen LogP contribution in [0.15, 0.2) is 59.7 Å². The third-order valence-corrected chi connectivity index (χ3v) is 4.04. The number of aromatic nitrogens is 2. The maximum atomic E-state index is 12.4. The van der Waals surface area contributed by atoms with Crippen molar-refractivity contribution in [2.24, 2.45) is 7.05 Å². The molecule has 0 atom stereocenters. The number of para-hydroxylation sites is 1. The van der Waals surface area contributed by atoms with Gasteiger partial charge in [-0.25, -0.2) is 0 Å². The minimum Gasteiger partial charge on any atom is -0.346 e. The first-order valence-electron chi connectivity index (χ1n) is 7.52. The molecule has 0 aliphatic heterocycles. The number of aryl methyl sites for hydroxylation is 1. The van der Waals surface area contributed by atoms with Gasteiger partial charge >= 0.3 is 0 Å². The smallest absolute Gasteiger partial charge is 0.255 e. The van der Waals surface area contributed by atoms with Crippen molar-refractivity contribution in [2.75, 3.05) is 13.6 Å². The Morgan fingerprint density at radius 2 is 1.91 bits per heavy atom. The van der Waals surface area contributed by atoms with Gasteiger partial charge in [0.2, 0.25) is 5.56 Å². The summed E-state index contributed by atoms with van der Waals surface area (Å²) in [5.74, 6) is -0.0861. The normalized spacial score (nSPS) is 10.9. The second kappa shape index (κ2) is 6.12. The van der Waals surface area contributed by atoms with Gasteiger partial charge in [0.1, 0.15) is 0 Å². The summed E-state index contributed by atoms with van der Waals surface area (Å²) < 4.78 is 3.56. The van der Waals surface area contributed by atoms with Crippen LogP contribution in [-0.2, 0) is 13.6 Å². The predicted octanol–water partition coefficient (Wildman–Crippen LogP) is 2.11. The third-order valence-electron chi connectivity index (χ3n) is 4.04. The van der Waals surface area contributed by atoms with Crippen LogP contribution >= 0.6 is 0 Å². The minimum atomic E-state index is -0.122. The number of hydrogen-bond donors (Lipinski definition) is 0. The monoisotopic (exact) mass is 309 g/mol. The van der Waals surface area contributed by atoms with E-state index in [1.807, 2.05) is 18.3 Å². The average molecular weight is 309 g/mol. The Morgan fingerprint density at radius 3 is 2.70 bits per heavy atom. The van der Waals surface area contributed by atoms with Crippen molar-refractivity contribution in [3.63, 3.8) is 0 Å². The highest BCUT2D eigenvalue weighted by Crippen LogP contribution is 2.15. The van der Waals surface area contributed by atoms with Gasteiger partial charge in [0.15, 0.2) is 0 Å². The number of amides is 1. The van der Waals surface area contributed by atoms with Crippen LogP contribution in [0.3, 0.4) is 0 Å². The Kier molecular flexibility index (Phi) is 4.02. The van der Waals surface area contributed by atoms with Crippen molar-refractivity contribution >= 4 is 16.8 Å². The average Bonchev–Trinajstić information content (AvgIpc) is 2.97. The topological polar surface area (TPSA) is 47.2 Å². The van der Waals surface area contributed by atoms with Crippen LogP contribution in [0.1, 0.15) is 10.4 Å². The number of carbonyl (C=O) groups is 1. The van der Waals surface area contributed by atoms with Crippen LogP contribution in [0.25, 0.3) is 10.9 Å². The Balaban J connectivity index is 1.71. The van der Waals surface area contributed by atoms with Crippen molar-refractivity contribution in [2.45, 2.75) is 6.54 Å². The summed E-state index contributed by atoms with van der Waals surface area (Å²) in [6.45, 7) is 1.32. The molecule has 1 amide bonds. The first-order valence-corrected chi connectivity index (χ1v) is 7.52. The van der Waals surface area contributed by atoms with E-state index >= 15 is 0 Å². The van der Waals surface area contributed by atoms with Gasteiger partial charge in [-0.05, 0) is 23.6 Å². The van der Waals surface area contributed by atoms with Crippen LogP contribution in [0.4, 0.5) is 0 Å². The van der Waals surface area contributed by atoms with Crippen LogP contribution in [0, 0.1) is 0 Å². The van der Waals surface area contributed by atoms with E-state index in [9.17, 15) is 9.59 Å². The number of fused-ring (bicyclic) bond motifs is 1. The number of benzene rings is 1. The van der Waals surface area contributed by atoms with Gasteiger partial charge in [-0.2, -0.15) is 0 Å². The first kappa shape index (κ1) is 15.1. The van der Waals surface area contributed by atoms with Crippen LogP contribution in [0.2, 0.25) is 0 Å². The highest BCUT2D eigenvalue weighted by Gasteiger charge is 2.12. The minimum absolute atomic E-state index is 0.0861. The van der Waals surface area contributed by atoms with Gasteiger partial charge in [-0.1, -0.05) is 18.2 Å². The molecule has 2 aromatic heterocycles. The lowest BCUT2D eigenvalue weighted by molar-refractivity contribution is 0.0790. The zero-order valence-corrected chi connectivity index (χ0v) is 13.3. The number of likely N-dealkylation sites (N-methyl/N-ethyl adjacent to an activating group) is 1. The van der Waals surface area contributed by atoms with Crippen LogP contribution in [0.5, 0.6) is 0 Å². The molecule has 3 aromatic rings. The molecule has 0 saturated carbocycles. The number of pyridine rings is 1. The number of rotatable bonds is 4. The molecule has 0 saturated heterocycles. The second-order valence-corrected chi connectivity index (χ2v) is 5.66. The Labute approximate surface area is 134 Å². The van der Waals surface area contributed by atoms with Gasteiger partial charge in [-0.3, -0.25) is 9.59 Å². The molecule has 0 fully saturated rings. The Hall–Kier alpha value is -2.82. The molecule has 3 rings (SSSR count). The highest BCUT2D eigenvalue weighted by atomic mass is 16.2. The summed E-state index contributed by atoms with van der Waals surface area (Å²) in [4.78, 5) is 25.5. The summed E-state index contributed by atoms with van der Waals surface area (Å²) in [5, 5.41) is 1.19. The number of carbonyl (C=O) groups excluding carboxylic acids is 1. The van der Waals surface area contributed by atoms with E-state index in [0.717, 1.165) is 12.1 Å². The van der Waals surface area contributed by atoms with E-state index in [1.54, 1.807) is 31.3 Å². The fourth-order valence-electron chi connectivity index (χ4n) is 2.64. The predicted molar refractivity (Wildman–Crippen MR) is 90.6 cm³/mol. The Morgan fingerprint density at radius 1 is 1.13 bits per heavy atom. The molecule has 0 N–H and O–H groups in total. The van der Waals surface area contributed by atoms with E-state index in [-0.39, 0.29) is 11.5 Å². The summed E-state index contributed by atoms with van der Waals surface area (Å²) in [7, 11) is 3.42. The molecule has 1 aromatic carbocycles. The van der Waals surface area contributed by atoms with Crippen molar-refractivity contribution < 1.29 is 4.79 Å².